The first-order valence-electron chi connectivity index (χ1n) is 7.67. The molecule has 0 fully saturated rings. The molecule has 0 saturated carbocycles. The van der Waals surface area contributed by atoms with Crippen molar-refractivity contribution in [2.75, 3.05) is 19.7 Å². The van der Waals surface area contributed by atoms with Crippen molar-refractivity contribution < 1.29 is 4.74 Å². The second-order valence-electron chi connectivity index (χ2n) is 4.91. The SMILES string of the molecule is CCCOc1ccc(C=NNC(N)=S)cc1CN(CC)CC. The van der Waals surface area contributed by atoms with E-state index in [1.165, 1.54) is 0 Å². The van der Waals surface area contributed by atoms with E-state index in [1.807, 2.05) is 12.1 Å². The molecule has 0 saturated heterocycles. The zero-order valence-electron chi connectivity index (χ0n) is 13.6. The standard InChI is InChI=1S/C16H26N4OS/c1-4-9-21-15-8-7-13(11-18-19-16(17)22)10-14(15)12-20(5-2)6-3/h7-8,10-11H,4-6,9,12H2,1-3H3,(H3,17,19,22). The Labute approximate surface area is 138 Å². The minimum absolute atomic E-state index is 0.155. The van der Waals surface area contributed by atoms with Gasteiger partial charge in [0.05, 0.1) is 12.8 Å². The summed E-state index contributed by atoms with van der Waals surface area (Å²) < 4.78 is 5.85. The number of nitrogens with two attached hydrogens (primary N) is 1. The molecule has 0 heterocycles. The smallest absolute Gasteiger partial charge is 0.184 e. The summed E-state index contributed by atoms with van der Waals surface area (Å²) >= 11 is 4.72. The maximum atomic E-state index is 5.85. The van der Waals surface area contributed by atoms with Gasteiger partial charge in [-0.05, 0) is 55.5 Å². The molecular weight excluding hydrogens is 296 g/mol. The van der Waals surface area contributed by atoms with Gasteiger partial charge in [0.25, 0.3) is 0 Å². The number of rotatable bonds is 9. The van der Waals surface area contributed by atoms with E-state index in [-0.39, 0.29) is 5.11 Å². The fraction of sp³-hybridized carbons (Fsp3) is 0.500. The lowest BCUT2D eigenvalue weighted by molar-refractivity contribution is 0.277. The maximum absolute atomic E-state index is 5.85. The predicted molar refractivity (Wildman–Crippen MR) is 96.4 cm³/mol. The van der Waals surface area contributed by atoms with E-state index in [0.29, 0.717) is 0 Å². The van der Waals surface area contributed by atoms with Crippen molar-refractivity contribution in [3.63, 3.8) is 0 Å². The van der Waals surface area contributed by atoms with Gasteiger partial charge in [-0.1, -0.05) is 20.8 Å². The van der Waals surface area contributed by atoms with Crippen molar-refractivity contribution in [3.8, 4) is 5.75 Å². The third-order valence-corrected chi connectivity index (χ3v) is 3.31. The average molecular weight is 322 g/mol. The fourth-order valence-corrected chi connectivity index (χ4v) is 2.07. The Morgan fingerprint density at radius 2 is 2.09 bits per heavy atom. The first-order chi connectivity index (χ1) is 10.6. The van der Waals surface area contributed by atoms with Crippen LogP contribution in [0.25, 0.3) is 0 Å². The van der Waals surface area contributed by atoms with Crippen molar-refractivity contribution >= 4 is 23.5 Å². The van der Waals surface area contributed by atoms with Crippen LogP contribution in [0.3, 0.4) is 0 Å². The second-order valence-corrected chi connectivity index (χ2v) is 5.35. The highest BCUT2D eigenvalue weighted by atomic mass is 32.1. The summed E-state index contributed by atoms with van der Waals surface area (Å²) in [6.07, 6.45) is 2.69. The van der Waals surface area contributed by atoms with Crippen molar-refractivity contribution in [2.24, 2.45) is 10.8 Å². The van der Waals surface area contributed by atoms with Gasteiger partial charge in [-0.15, -0.1) is 0 Å². The zero-order chi connectivity index (χ0) is 16.4. The van der Waals surface area contributed by atoms with Crippen LogP contribution >= 0.6 is 12.2 Å². The van der Waals surface area contributed by atoms with Crippen LogP contribution in [-0.2, 0) is 6.54 Å². The molecule has 0 aromatic heterocycles. The van der Waals surface area contributed by atoms with Crippen LogP contribution in [0.4, 0.5) is 0 Å². The maximum Gasteiger partial charge on any atom is 0.184 e. The lowest BCUT2D eigenvalue weighted by Gasteiger charge is -2.20. The first-order valence-corrected chi connectivity index (χ1v) is 8.08. The second kappa shape index (κ2) is 10.1. The third kappa shape index (κ3) is 6.41. The molecule has 1 aromatic carbocycles. The number of benzene rings is 1. The molecule has 1 rings (SSSR count). The molecule has 122 valence electrons. The van der Waals surface area contributed by atoms with Crippen LogP contribution in [0.15, 0.2) is 23.3 Å². The van der Waals surface area contributed by atoms with E-state index < -0.39 is 0 Å². The van der Waals surface area contributed by atoms with E-state index in [0.717, 1.165) is 49.5 Å². The number of hydrogen-bond donors (Lipinski definition) is 2. The summed E-state index contributed by atoms with van der Waals surface area (Å²) in [6, 6.07) is 6.06. The minimum Gasteiger partial charge on any atom is -0.493 e. The number of nitrogens with zero attached hydrogens (tertiary/aromatic N) is 2. The zero-order valence-corrected chi connectivity index (χ0v) is 14.4. The summed E-state index contributed by atoms with van der Waals surface area (Å²) in [4.78, 5) is 2.35. The van der Waals surface area contributed by atoms with Crippen molar-refractivity contribution in [2.45, 2.75) is 33.7 Å². The predicted octanol–water partition coefficient (Wildman–Crippen LogP) is 2.48. The van der Waals surface area contributed by atoms with Crippen LogP contribution in [-0.4, -0.2) is 35.9 Å². The molecule has 0 aliphatic carbocycles. The van der Waals surface area contributed by atoms with Gasteiger partial charge in [0.1, 0.15) is 5.75 Å². The van der Waals surface area contributed by atoms with Crippen molar-refractivity contribution in [1.82, 2.24) is 10.3 Å². The quantitative estimate of drug-likeness (QED) is 0.415. The Hall–Kier alpha value is -1.66. The van der Waals surface area contributed by atoms with Gasteiger partial charge in [0.2, 0.25) is 0 Å². The number of hydrogen-bond acceptors (Lipinski definition) is 4. The third-order valence-electron chi connectivity index (χ3n) is 3.22. The highest BCUT2D eigenvalue weighted by Gasteiger charge is 2.08. The lowest BCUT2D eigenvalue weighted by atomic mass is 10.1. The molecule has 0 amide bonds. The van der Waals surface area contributed by atoms with Crippen LogP contribution in [0, 0.1) is 0 Å². The number of ether oxygens (including phenoxy) is 1. The minimum atomic E-state index is 0.155. The van der Waals surface area contributed by atoms with Gasteiger partial charge in [-0.2, -0.15) is 5.10 Å². The largest absolute Gasteiger partial charge is 0.493 e. The van der Waals surface area contributed by atoms with Crippen LogP contribution in [0.5, 0.6) is 5.75 Å². The fourth-order valence-electron chi connectivity index (χ4n) is 2.01. The Kier molecular flexibility index (Phi) is 8.47. The Bertz CT molecular complexity index is 501. The molecule has 22 heavy (non-hydrogen) atoms. The molecule has 3 N–H and O–H groups in total. The molecule has 1 aromatic rings. The number of hydrazone groups is 1. The van der Waals surface area contributed by atoms with E-state index in [2.05, 4.69) is 42.3 Å². The topological polar surface area (TPSA) is 62.9 Å². The van der Waals surface area contributed by atoms with Gasteiger partial charge in [0, 0.05) is 12.1 Å². The molecule has 0 bridgehead atoms. The molecular formula is C16H26N4OS. The first kappa shape index (κ1) is 18.4. The molecule has 0 atom stereocenters. The van der Waals surface area contributed by atoms with Crippen molar-refractivity contribution in [1.29, 1.82) is 0 Å². The van der Waals surface area contributed by atoms with E-state index >= 15 is 0 Å². The molecule has 0 aliphatic heterocycles. The van der Waals surface area contributed by atoms with Crippen LogP contribution in [0.2, 0.25) is 0 Å². The molecule has 0 spiro atoms. The summed E-state index contributed by atoms with van der Waals surface area (Å²) in [7, 11) is 0. The number of thiocarbonyl (C=S) groups is 1. The van der Waals surface area contributed by atoms with Gasteiger partial charge in [0.15, 0.2) is 5.11 Å². The Balaban J connectivity index is 2.94. The average Bonchev–Trinajstić information content (AvgIpc) is 2.51. The Morgan fingerprint density at radius 1 is 1.36 bits per heavy atom. The van der Waals surface area contributed by atoms with E-state index in [1.54, 1.807) is 6.21 Å². The lowest BCUT2D eigenvalue weighted by Crippen LogP contribution is -2.24. The van der Waals surface area contributed by atoms with Gasteiger partial charge in [-0.25, -0.2) is 0 Å². The monoisotopic (exact) mass is 322 g/mol. The molecule has 5 nitrogen and oxygen atoms in total. The Morgan fingerprint density at radius 3 is 2.68 bits per heavy atom. The van der Waals surface area contributed by atoms with Crippen LogP contribution in [0.1, 0.15) is 38.3 Å². The van der Waals surface area contributed by atoms with E-state index in [4.69, 9.17) is 22.7 Å². The van der Waals surface area contributed by atoms with Gasteiger partial charge in [-0.3, -0.25) is 10.3 Å². The molecule has 0 radical (unpaired) electrons. The summed E-state index contributed by atoms with van der Waals surface area (Å²) in [5, 5.41) is 4.15. The highest BCUT2D eigenvalue weighted by molar-refractivity contribution is 7.80. The number of nitrogens with one attached hydrogen (secondary N) is 1. The molecule has 6 heteroatoms. The van der Waals surface area contributed by atoms with Crippen LogP contribution < -0.4 is 15.9 Å². The van der Waals surface area contributed by atoms with Gasteiger partial charge < -0.3 is 10.5 Å². The summed E-state index contributed by atoms with van der Waals surface area (Å²) in [5.74, 6) is 0.938. The summed E-state index contributed by atoms with van der Waals surface area (Å²) in [5.41, 5.74) is 10.1. The molecule has 0 aliphatic rings. The molecule has 0 unspecified atom stereocenters. The van der Waals surface area contributed by atoms with Gasteiger partial charge >= 0.3 is 0 Å². The van der Waals surface area contributed by atoms with E-state index in [9.17, 15) is 0 Å². The highest BCUT2D eigenvalue weighted by Crippen LogP contribution is 2.22. The summed E-state index contributed by atoms with van der Waals surface area (Å²) in [6.45, 7) is 10.0. The normalized spacial score (nSPS) is 11.1. The van der Waals surface area contributed by atoms with Crippen molar-refractivity contribution in [3.05, 3.63) is 29.3 Å².